The van der Waals surface area contributed by atoms with Crippen molar-refractivity contribution in [2.75, 3.05) is 14.2 Å². The van der Waals surface area contributed by atoms with E-state index in [4.69, 9.17) is 4.74 Å². The van der Waals surface area contributed by atoms with E-state index in [1.54, 1.807) is 13.2 Å². The second-order valence-electron chi connectivity index (χ2n) is 8.73. The van der Waals surface area contributed by atoms with Crippen LogP contribution in [0.3, 0.4) is 0 Å². The number of phenolic OH excluding ortho intramolecular Hbond substituents is 1. The van der Waals surface area contributed by atoms with Gasteiger partial charge in [-0.25, -0.2) is 9.18 Å². The molecule has 1 unspecified atom stereocenters. The van der Waals surface area contributed by atoms with Gasteiger partial charge in [0.1, 0.15) is 17.3 Å². The van der Waals surface area contributed by atoms with Crippen LogP contribution >= 0.6 is 0 Å². The highest BCUT2D eigenvalue weighted by Gasteiger charge is 2.47. The predicted octanol–water partition coefficient (Wildman–Crippen LogP) is 5.61. The van der Waals surface area contributed by atoms with Gasteiger partial charge in [-0.05, 0) is 55.5 Å². The molecule has 0 bridgehead atoms. The van der Waals surface area contributed by atoms with E-state index >= 15 is 0 Å². The van der Waals surface area contributed by atoms with Crippen LogP contribution in [0.5, 0.6) is 11.5 Å². The zero-order valence-electron chi connectivity index (χ0n) is 19.2. The van der Waals surface area contributed by atoms with Gasteiger partial charge in [-0.15, -0.1) is 0 Å². The minimum absolute atomic E-state index is 0.0243. The average Bonchev–Trinajstić information content (AvgIpc) is 3.08. The van der Waals surface area contributed by atoms with E-state index in [0.29, 0.717) is 5.75 Å². The third-order valence-electron chi connectivity index (χ3n) is 6.68. The Morgan fingerprint density at radius 2 is 1.91 bits per heavy atom. The van der Waals surface area contributed by atoms with Gasteiger partial charge < -0.3 is 19.6 Å². The molecule has 0 radical (unpaired) electrons. The number of carbonyl (C=O) groups excluding carboxylic acids is 1. The Hall–Kier alpha value is -3.28. The highest BCUT2D eigenvalue weighted by Crippen LogP contribution is 2.43. The molecule has 2 aromatic carbocycles. The van der Waals surface area contributed by atoms with E-state index in [9.17, 15) is 14.3 Å². The number of allylic oxidation sites excluding steroid dienone is 2. The molecule has 1 aliphatic carbocycles. The van der Waals surface area contributed by atoms with Gasteiger partial charge >= 0.3 is 6.03 Å². The van der Waals surface area contributed by atoms with Crippen LogP contribution in [-0.2, 0) is 6.42 Å². The lowest BCUT2D eigenvalue weighted by Crippen LogP contribution is -2.39. The van der Waals surface area contributed by atoms with Crippen molar-refractivity contribution in [2.45, 2.75) is 50.2 Å². The number of amides is 2. The Balaban J connectivity index is 1.55. The highest BCUT2D eigenvalue weighted by molar-refractivity contribution is 5.79. The molecule has 33 heavy (non-hydrogen) atoms. The Kier molecular flexibility index (Phi) is 7.02. The molecule has 3 atom stereocenters. The van der Waals surface area contributed by atoms with Gasteiger partial charge in [0.05, 0.1) is 25.2 Å². The number of benzene rings is 2. The van der Waals surface area contributed by atoms with Crippen LogP contribution in [0.15, 0.2) is 66.8 Å². The molecule has 1 heterocycles. The number of phenols is 1. The van der Waals surface area contributed by atoms with Gasteiger partial charge in [-0.3, -0.25) is 0 Å². The number of hydrogen-bond acceptors (Lipinski definition) is 3. The van der Waals surface area contributed by atoms with Crippen molar-refractivity contribution in [1.82, 2.24) is 9.80 Å². The van der Waals surface area contributed by atoms with Gasteiger partial charge in [0.2, 0.25) is 0 Å². The number of likely N-dealkylation sites (N-methyl/N-ethyl adjacent to an activating group) is 1. The van der Waals surface area contributed by atoms with Crippen LogP contribution in [0.4, 0.5) is 9.18 Å². The van der Waals surface area contributed by atoms with Crippen molar-refractivity contribution in [2.24, 2.45) is 0 Å². The third-order valence-corrected chi connectivity index (χ3v) is 6.68. The molecule has 1 N–H and O–H groups in total. The summed E-state index contributed by atoms with van der Waals surface area (Å²) in [5, 5.41) is 10.8. The standard InChI is InChI=1S/C27H31FN2O3/c1-29-24(11-7-6-8-19-12-14-20(28)15-13-19)26(23-17-16-22(33-2)18-25(23)31)30(27(29)32)21-9-4-3-5-10-21/h3-5,9,12-18,21,24,26,31H,6-8,10-11H2,1-2H3/t21?,24-,26-/m1/s1. The van der Waals surface area contributed by atoms with E-state index in [-0.39, 0.29) is 35.7 Å². The van der Waals surface area contributed by atoms with Crippen LogP contribution < -0.4 is 4.74 Å². The molecular formula is C27H31FN2O3. The Morgan fingerprint density at radius 3 is 2.58 bits per heavy atom. The molecule has 2 aromatic rings. The number of ether oxygens (including phenoxy) is 1. The van der Waals surface area contributed by atoms with E-state index in [0.717, 1.165) is 43.2 Å². The summed E-state index contributed by atoms with van der Waals surface area (Å²) in [7, 11) is 3.42. The largest absolute Gasteiger partial charge is 0.507 e. The molecule has 1 aliphatic heterocycles. The zero-order valence-corrected chi connectivity index (χ0v) is 19.2. The van der Waals surface area contributed by atoms with Crippen molar-refractivity contribution in [3.05, 3.63) is 83.7 Å². The summed E-state index contributed by atoms with van der Waals surface area (Å²) >= 11 is 0. The molecule has 1 saturated heterocycles. The smallest absolute Gasteiger partial charge is 0.321 e. The first-order valence-corrected chi connectivity index (χ1v) is 11.5. The average molecular weight is 451 g/mol. The number of aromatic hydroxyl groups is 1. The number of halogens is 1. The summed E-state index contributed by atoms with van der Waals surface area (Å²) in [5.41, 5.74) is 1.84. The summed E-state index contributed by atoms with van der Waals surface area (Å²) in [5.74, 6) is 0.495. The van der Waals surface area contributed by atoms with E-state index in [2.05, 4.69) is 12.2 Å². The lowest BCUT2D eigenvalue weighted by molar-refractivity contribution is 0.178. The fourth-order valence-electron chi connectivity index (χ4n) is 4.90. The van der Waals surface area contributed by atoms with Gasteiger partial charge in [0, 0.05) is 18.7 Å². The van der Waals surface area contributed by atoms with Gasteiger partial charge in [0.15, 0.2) is 0 Å². The Morgan fingerprint density at radius 1 is 1.12 bits per heavy atom. The van der Waals surface area contributed by atoms with Crippen LogP contribution in [-0.4, -0.2) is 47.2 Å². The summed E-state index contributed by atoms with van der Waals surface area (Å²) in [6, 6.07) is 11.5. The second-order valence-corrected chi connectivity index (χ2v) is 8.73. The first-order chi connectivity index (χ1) is 16.0. The summed E-state index contributed by atoms with van der Waals surface area (Å²) in [4.78, 5) is 17.1. The quantitative estimate of drug-likeness (QED) is 0.532. The number of aryl methyl sites for hydroxylation is 1. The highest BCUT2D eigenvalue weighted by atomic mass is 19.1. The zero-order chi connectivity index (χ0) is 23.4. The molecular weight excluding hydrogens is 419 g/mol. The monoisotopic (exact) mass is 450 g/mol. The lowest BCUT2D eigenvalue weighted by Gasteiger charge is -2.33. The number of carbonyl (C=O) groups is 1. The van der Waals surface area contributed by atoms with Gasteiger partial charge in [0.25, 0.3) is 0 Å². The molecule has 5 nitrogen and oxygen atoms in total. The minimum Gasteiger partial charge on any atom is -0.507 e. The number of unbranched alkanes of at least 4 members (excludes halogenated alkanes) is 1. The lowest BCUT2D eigenvalue weighted by atomic mass is 9.92. The molecule has 0 saturated carbocycles. The van der Waals surface area contributed by atoms with Crippen LogP contribution in [0.1, 0.15) is 42.9 Å². The first kappa shape index (κ1) is 22.9. The van der Waals surface area contributed by atoms with E-state index in [1.165, 1.54) is 12.1 Å². The normalized spacial score (nSPS) is 22.3. The predicted molar refractivity (Wildman–Crippen MR) is 127 cm³/mol. The van der Waals surface area contributed by atoms with Crippen molar-refractivity contribution in [3.8, 4) is 11.5 Å². The molecule has 174 valence electrons. The van der Waals surface area contributed by atoms with Crippen LogP contribution in [0, 0.1) is 5.82 Å². The molecule has 2 amide bonds. The second kappa shape index (κ2) is 10.1. The first-order valence-electron chi connectivity index (χ1n) is 11.5. The maximum Gasteiger partial charge on any atom is 0.321 e. The SMILES string of the molecule is COc1ccc([C@@H]2[C@@H](CCCCc3ccc(F)cc3)N(C)C(=O)N2C2C=CC=CC2)c(O)c1. The summed E-state index contributed by atoms with van der Waals surface area (Å²) in [6.07, 6.45) is 12.4. The van der Waals surface area contributed by atoms with Crippen LogP contribution in [0.25, 0.3) is 0 Å². The topological polar surface area (TPSA) is 53.0 Å². The molecule has 1 fully saturated rings. The minimum atomic E-state index is -0.264. The third kappa shape index (κ3) is 4.90. The number of urea groups is 1. The molecule has 2 aliphatic rings. The van der Waals surface area contributed by atoms with Crippen LogP contribution in [0.2, 0.25) is 0 Å². The van der Waals surface area contributed by atoms with Gasteiger partial charge in [-0.1, -0.05) is 42.9 Å². The molecule has 0 spiro atoms. The molecule has 0 aromatic heterocycles. The van der Waals surface area contributed by atoms with E-state index < -0.39 is 0 Å². The van der Waals surface area contributed by atoms with Crippen molar-refractivity contribution in [3.63, 3.8) is 0 Å². The Bertz CT molecular complexity index is 1030. The number of rotatable bonds is 8. The maximum absolute atomic E-state index is 13.4. The fourth-order valence-corrected chi connectivity index (χ4v) is 4.90. The van der Waals surface area contributed by atoms with Crippen molar-refractivity contribution >= 4 is 6.03 Å². The fraction of sp³-hybridized carbons (Fsp3) is 0.370. The summed E-state index contributed by atoms with van der Waals surface area (Å²) in [6.45, 7) is 0. The van der Waals surface area contributed by atoms with Crippen molar-refractivity contribution < 1.29 is 19.0 Å². The Labute approximate surface area is 194 Å². The maximum atomic E-state index is 13.4. The number of hydrogen-bond donors (Lipinski definition) is 1. The number of methoxy groups -OCH3 is 1. The molecule has 6 heteroatoms. The van der Waals surface area contributed by atoms with E-state index in [1.807, 2.05) is 53.3 Å². The number of nitrogens with zero attached hydrogens (tertiary/aromatic N) is 2. The van der Waals surface area contributed by atoms with Crippen molar-refractivity contribution in [1.29, 1.82) is 0 Å². The summed E-state index contributed by atoms with van der Waals surface area (Å²) < 4.78 is 18.4. The van der Waals surface area contributed by atoms with Gasteiger partial charge in [-0.2, -0.15) is 0 Å². The molecule has 4 rings (SSSR count).